The highest BCUT2D eigenvalue weighted by Gasteiger charge is 2.35. The lowest BCUT2D eigenvalue weighted by atomic mass is 9.69. The van der Waals surface area contributed by atoms with Gasteiger partial charge in [0.05, 0.1) is 0 Å². The first-order valence-corrected chi connectivity index (χ1v) is 8.25. The molecule has 1 heterocycles. The predicted octanol–water partition coefficient (Wildman–Crippen LogP) is 2.94. The van der Waals surface area contributed by atoms with Crippen LogP contribution in [-0.4, -0.2) is 16.9 Å². The molecule has 1 aliphatic carbocycles. The molecular formula is C15H25N3OS. The monoisotopic (exact) mass is 295 g/mol. The minimum absolute atomic E-state index is 0.0536. The Kier molecular flexibility index (Phi) is 4.81. The molecule has 0 radical (unpaired) electrons. The lowest BCUT2D eigenvalue weighted by Crippen LogP contribution is -2.46. The van der Waals surface area contributed by atoms with Crippen LogP contribution < -0.4 is 11.1 Å². The van der Waals surface area contributed by atoms with Crippen LogP contribution >= 0.6 is 11.3 Å². The summed E-state index contributed by atoms with van der Waals surface area (Å²) in [6.07, 6.45) is 4.73. The number of nitrogens with zero attached hydrogens (tertiary/aromatic N) is 1. The Balaban J connectivity index is 2.05. The number of rotatable bonds is 3. The van der Waals surface area contributed by atoms with Crippen LogP contribution in [0.1, 0.15) is 62.0 Å². The Morgan fingerprint density at radius 3 is 2.75 bits per heavy atom. The number of amides is 1. The molecule has 1 aliphatic rings. The lowest BCUT2D eigenvalue weighted by Gasteiger charge is -2.40. The molecule has 20 heavy (non-hydrogen) atoms. The fraction of sp³-hybridized carbons (Fsp3) is 0.733. The van der Waals surface area contributed by atoms with Crippen molar-refractivity contribution in [3.05, 3.63) is 16.1 Å². The maximum atomic E-state index is 12.3. The van der Waals surface area contributed by atoms with E-state index in [-0.39, 0.29) is 17.4 Å². The molecule has 0 bridgehead atoms. The van der Waals surface area contributed by atoms with E-state index in [1.807, 2.05) is 0 Å². The molecular weight excluding hydrogens is 270 g/mol. The summed E-state index contributed by atoms with van der Waals surface area (Å²) in [5.74, 6) is 0.481. The first kappa shape index (κ1) is 15.4. The first-order valence-electron chi connectivity index (χ1n) is 7.37. The molecule has 0 aromatic carbocycles. The molecule has 2 atom stereocenters. The minimum Gasteiger partial charge on any atom is -0.348 e. The molecule has 5 heteroatoms. The maximum absolute atomic E-state index is 12.3. The summed E-state index contributed by atoms with van der Waals surface area (Å²) in [4.78, 5) is 16.6. The highest BCUT2D eigenvalue weighted by Crippen LogP contribution is 2.38. The van der Waals surface area contributed by atoms with E-state index >= 15 is 0 Å². The average molecular weight is 295 g/mol. The van der Waals surface area contributed by atoms with Crippen molar-refractivity contribution in [2.24, 2.45) is 17.1 Å². The number of carbonyl (C=O) groups is 1. The van der Waals surface area contributed by atoms with E-state index in [0.717, 1.165) is 11.4 Å². The number of nitrogens with one attached hydrogen (secondary N) is 1. The number of aromatic nitrogens is 1. The second-order valence-electron chi connectivity index (χ2n) is 6.67. The van der Waals surface area contributed by atoms with Crippen molar-refractivity contribution in [1.29, 1.82) is 0 Å². The second-order valence-corrected chi connectivity index (χ2v) is 7.61. The van der Waals surface area contributed by atoms with Gasteiger partial charge < -0.3 is 11.1 Å². The summed E-state index contributed by atoms with van der Waals surface area (Å²) in [6, 6.07) is 0.263. The van der Waals surface area contributed by atoms with Crippen molar-refractivity contribution in [1.82, 2.24) is 10.3 Å². The van der Waals surface area contributed by atoms with Gasteiger partial charge in [-0.2, -0.15) is 0 Å². The third-order valence-corrected chi connectivity index (χ3v) is 5.02. The Labute approximate surface area is 125 Å². The van der Waals surface area contributed by atoms with E-state index in [2.05, 4.69) is 31.1 Å². The molecule has 0 spiro atoms. The average Bonchev–Trinajstić information content (AvgIpc) is 2.87. The fourth-order valence-corrected chi connectivity index (χ4v) is 3.75. The van der Waals surface area contributed by atoms with Crippen LogP contribution in [0.5, 0.6) is 0 Å². The zero-order valence-corrected chi connectivity index (χ0v) is 13.4. The van der Waals surface area contributed by atoms with Crippen LogP contribution in [0.15, 0.2) is 5.38 Å². The van der Waals surface area contributed by atoms with Gasteiger partial charge in [0.15, 0.2) is 0 Å². The summed E-state index contributed by atoms with van der Waals surface area (Å²) in [6.45, 7) is 7.18. The van der Waals surface area contributed by atoms with Crippen LogP contribution in [0.2, 0.25) is 0 Å². The van der Waals surface area contributed by atoms with Crippen LogP contribution in [0, 0.1) is 11.3 Å². The van der Waals surface area contributed by atoms with E-state index < -0.39 is 0 Å². The van der Waals surface area contributed by atoms with Gasteiger partial charge in [-0.05, 0) is 24.2 Å². The molecule has 1 aromatic rings. The third-order valence-electron chi connectivity index (χ3n) is 4.15. The van der Waals surface area contributed by atoms with Gasteiger partial charge in [0.25, 0.3) is 5.91 Å². The zero-order chi connectivity index (χ0) is 14.8. The van der Waals surface area contributed by atoms with Gasteiger partial charge in [0.1, 0.15) is 10.7 Å². The second kappa shape index (κ2) is 6.22. The van der Waals surface area contributed by atoms with Crippen LogP contribution in [-0.2, 0) is 6.54 Å². The topological polar surface area (TPSA) is 68.0 Å². The molecule has 4 nitrogen and oxygen atoms in total. The third kappa shape index (κ3) is 3.58. The quantitative estimate of drug-likeness (QED) is 0.901. The number of thiazole rings is 1. The van der Waals surface area contributed by atoms with E-state index in [9.17, 15) is 4.79 Å². The SMILES string of the molecule is CC(C)(C)C1CCCCC1NC(=O)c1csc(CN)n1. The van der Waals surface area contributed by atoms with E-state index in [4.69, 9.17) is 5.73 Å². The number of hydrogen-bond donors (Lipinski definition) is 2. The molecule has 1 saturated carbocycles. The Morgan fingerprint density at radius 1 is 1.45 bits per heavy atom. The van der Waals surface area contributed by atoms with Gasteiger partial charge in [0.2, 0.25) is 0 Å². The number of carbonyl (C=O) groups excluding carboxylic acids is 1. The van der Waals surface area contributed by atoms with E-state index in [1.165, 1.54) is 30.6 Å². The first-order chi connectivity index (χ1) is 9.41. The van der Waals surface area contributed by atoms with E-state index in [0.29, 0.717) is 18.2 Å². The van der Waals surface area contributed by atoms with Crippen molar-refractivity contribution < 1.29 is 4.79 Å². The fourth-order valence-electron chi connectivity index (χ4n) is 3.09. The normalized spacial score (nSPS) is 23.6. The zero-order valence-electron chi connectivity index (χ0n) is 12.6. The number of nitrogens with two attached hydrogens (primary N) is 1. The Hall–Kier alpha value is -0.940. The Bertz CT molecular complexity index is 464. The summed E-state index contributed by atoms with van der Waals surface area (Å²) < 4.78 is 0. The molecule has 112 valence electrons. The number of hydrogen-bond acceptors (Lipinski definition) is 4. The van der Waals surface area contributed by atoms with Crippen LogP contribution in [0.3, 0.4) is 0 Å². The standard InChI is InChI=1S/C15H25N3OS/c1-15(2,3)10-6-4-5-7-11(10)18-14(19)12-9-20-13(8-16)17-12/h9-11H,4-8,16H2,1-3H3,(H,18,19). The van der Waals surface area contributed by atoms with Gasteiger partial charge in [-0.15, -0.1) is 11.3 Å². The molecule has 2 rings (SSSR count). The van der Waals surface area contributed by atoms with Gasteiger partial charge in [-0.25, -0.2) is 4.98 Å². The molecule has 3 N–H and O–H groups in total. The highest BCUT2D eigenvalue weighted by molar-refractivity contribution is 7.09. The summed E-state index contributed by atoms with van der Waals surface area (Å²) in [7, 11) is 0. The molecule has 0 aliphatic heterocycles. The maximum Gasteiger partial charge on any atom is 0.270 e. The van der Waals surface area contributed by atoms with E-state index in [1.54, 1.807) is 5.38 Å². The van der Waals surface area contributed by atoms with Crippen LogP contribution in [0.25, 0.3) is 0 Å². The molecule has 1 amide bonds. The van der Waals surface area contributed by atoms with Crippen molar-refractivity contribution in [3.8, 4) is 0 Å². The molecule has 2 unspecified atom stereocenters. The van der Waals surface area contributed by atoms with Crippen LogP contribution in [0.4, 0.5) is 0 Å². The summed E-state index contributed by atoms with van der Waals surface area (Å²) in [5.41, 5.74) is 6.28. The van der Waals surface area contributed by atoms with Gasteiger partial charge in [0, 0.05) is 18.0 Å². The summed E-state index contributed by atoms with van der Waals surface area (Å²) in [5, 5.41) is 5.80. The highest BCUT2D eigenvalue weighted by atomic mass is 32.1. The minimum atomic E-state index is -0.0536. The molecule has 1 aromatic heterocycles. The van der Waals surface area contributed by atoms with Crippen molar-refractivity contribution in [2.75, 3.05) is 0 Å². The van der Waals surface area contributed by atoms with Crippen molar-refractivity contribution >= 4 is 17.2 Å². The summed E-state index contributed by atoms with van der Waals surface area (Å²) >= 11 is 1.45. The Morgan fingerprint density at radius 2 is 2.15 bits per heavy atom. The van der Waals surface area contributed by atoms with Gasteiger partial charge in [-0.1, -0.05) is 33.6 Å². The predicted molar refractivity (Wildman–Crippen MR) is 82.7 cm³/mol. The lowest BCUT2D eigenvalue weighted by molar-refractivity contribution is 0.0826. The van der Waals surface area contributed by atoms with Gasteiger partial charge in [-0.3, -0.25) is 4.79 Å². The van der Waals surface area contributed by atoms with Crippen molar-refractivity contribution in [2.45, 2.75) is 59.0 Å². The molecule has 1 fully saturated rings. The van der Waals surface area contributed by atoms with Gasteiger partial charge >= 0.3 is 0 Å². The smallest absolute Gasteiger partial charge is 0.270 e. The molecule has 0 saturated heterocycles. The van der Waals surface area contributed by atoms with Crippen molar-refractivity contribution in [3.63, 3.8) is 0 Å². The largest absolute Gasteiger partial charge is 0.348 e.